The Kier molecular flexibility index (Phi) is 4.21. The topological polar surface area (TPSA) is 12.0 Å². The van der Waals surface area contributed by atoms with Gasteiger partial charge in [-0.1, -0.05) is 51.8 Å². The fraction of sp³-hybridized carbons (Fsp3) is 0.143. The summed E-state index contributed by atoms with van der Waals surface area (Å²) in [5.41, 5.74) is 2.44. The highest BCUT2D eigenvalue weighted by atomic mass is 79.9. The van der Waals surface area contributed by atoms with Gasteiger partial charge < -0.3 is 5.32 Å². The first kappa shape index (κ1) is 12.6. The third kappa shape index (κ3) is 3.09. The number of hydrogen-bond donors (Lipinski definition) is 1. The molecule has 0 unspecified atom stereocenters. The lowest BCUT2D eigenvalue weighted by Crippen LogP contribution is -2.17. The molecule has 1 nitrogen and oxygen atoms in total. The van der Waals surface area contributed by atoms with Gasteiger partial charge in [0.1, 0.15) is 0 Å². The third-order valence-electron chi connectivity index (χ3n) is 2.70. The highest BCUT2D eigenvalue weighted by Gasteiger charge is 2.11. The van der Waals surface area contributed by atoms with Crippen molar-refractivity contribution >= 4 is 27.5 Å². The molecule has 17 heavy (non-hydrogen) atoms. The molecule has 0 heterocycles. The van der Waals surface area contributed by atoms with Gasteiger partial charge in [-0.15, -0.1) is 0 Å². The predicted octanol–water partition coefficient (Wildman–Crippen LogP) is 4.41. The smallest absolute Gasteiger partial charge is 0.0574 e. The number of halogens is 2. The van der Waals surface area contributed by atoms with E-state index < -0.39 is 0 Å². The molecule has 0 spiro atoms. The first-order chi connectivity index (χ1) is 8.20. The highest BCUT2D eigenvalue weighted by molar-refractivity contribution is 9.10. The molecular weight excluding hydrogens is 298 g/mol. The number of nitrogens with one attached hydrogen (secondary N) is 1. The number of rotatable bonds is 3. The van der Waals surface area contributed by atoms with Crippen molar-refractivity contribution in [2.75, 3.05) is 7.05 Å². The maximum atomic E-state index is 5.90. The van der Waals surface area contributed by atoms with Crippen molar-refractivity contribution < 1.29 is 0 Å². The van der Waals surface area contributed by atoms with E-state index in [0.717, 1.165) is 9.50 Å². The van der Waals surface area contributed by atoms with Crippen LogP contribution in [0.5, 0.6) is 0 Å². The Bertz CT molecular complexity index is 433. The second kappa shape index (κ2) is 5.67. The lowest BCUT2D eigenvalue weighted by molar-refractivity contribution is 0.692. The summed E-state index contributed by atoms with van der Waals surface area (Å²) in [7, 11) is 1.96. The number of benzene rings is 2. The van der Waals surface area contributed by atoms with Gasteiger partial charge in [0.05, 0.1) is 6.04 Å². The summed E-state index contributed by atoms with van der Waals surface area (Å²) in [4.78, 5) is 0. The van der Waals surface area contributed by atoms with E-state index in [4.69, 9.17) is 11.6 Å². The van der Waals surface area contributed by atoms with E-state index in [1.807, 2.05) is 31.3 Å². The van der Waals surface area contributed by atoms with Crippen LogP contribution in [0.3, 0.4) is 0 Å². The van der Waals surface area contributed by atoms with Gasteiger partial charge in [-0.05, 0) is 42.4 Å². The zero-order valence-electron chi connectivity index (χ0n) is 9.45. The van der Waals surface area contributed by atoms with Crippen LogP contribution >= 0.6 is 27.5 Å². The number of hydrogen-bond acceptors (Lipinski definition) is 1. The van der Waals surface area contributed by atoms with Crippen LogP contribution in [0.1, 0.15) is 17.2 Å². The van der Waals surface area contributed by atoms with Crippen LogP contribution < -0.4 is 5.32 Å². The van der Waals surface area contributed by atoms with Crippen LogP contribution in [0, 0.1) is 0 Å². The van der Waals surface area contributed by atoms with Crippen LogP contribution in [-0.2, 0) is 0 Å². The van der Waals surface area contributed by atoms with Gasteiger partial charge >= 0.3 is 0 Å². The van der Waals surface area contributed by atoms with Crippen LogP contribution in [-0.4, -0.2) is 7.05 Å². The minimum atomic E-state index is 0.195. The molecule has 3 heteroatoms. The average molecular weight is 311 g/mol. The summed E-state index contributed by atoms with van der Waals surface area (Å²) in [6.45, 7) is 0. The molecule has 1 N–H and O–H groups in total. The summed E-state index contributed by atoms with van der Waals surface area (Å²) in [6.07, 6.45) is 0. The van der Waals surface area contributed by atoms with E-state index in [2.05, 4.69) is 45.5 Å². The first-order valence-electron chi connectivity index (χ1n) is 5.39. The molecule has 1 atom stereocenters. The second-order valence-corrected chi connectivity index (χ2v) is 5.18. The molecule has 0 fully saturated rings. The molecule has 2 aromatic carbocycles. The van der Waals surface area contributed by atoms with Crippen molar-refractivity contribution in [1.29, 1.82) is 0 Å². The fourth-order valence-electron chi connectivity index (χ4n) is 1.84. The van der Waals surface area contributed by atoms with Crippen molar-refractivity contribution in [2.45, 2.75) is 6.04 Å². The van der Waals surface area contributed by atoms with Gasteiger partial charge in [0, 0.05) is 9.50 Å². The Labute approximate surface area is 115 Å². The monoisotopic (exact) mass is 309 g/mol. The van der Waals surface area contributed by atoms with Crippen molar-refractivity contribution in [3.05, 3.63) is 69.2 Å². The van der Waals surface area contributed by atoms with Crippen molar-refractivity contribution in [1.82, 2.24) is 5.32 Å². The highest BCUT2D eigenvalue weighted by Crippen LogP contribution is 2.24. The largest absolute Gasteiger partial charge is 0.309 e. The van der Waals surface area contributed by atoms with Gasteiger partial charge in [0.2, 0.25) is 0 Å². The van der Waals surface area contributed by atoms with E-state index in [0.29, 0.717) is 0 Å². The lowest BCUT2D eigenvalue weighted by Gasteiger charge is -2.17. The van der Waals surface area contributed by atoms with E-state index in [1.165, 1.54) is 11.1 Å². The maximum Gasteiger partial charge on any atom is 0.0574 e. The Balaban J connectivity index is 2.33. The molecule has 2 rings (SSSR count). The molecule has 0 amide bonds. The Morgan fingerprint density at radius 3 is 1.88 bits per heavy atom. The molecule has 0 bridgehead atoms. The Morgan fingerprint density at radius 2 is 1.41 bits per heavy atom. The summed E-state index contributed by atoms with van der Waals surface area (Å²) in [5, 5.41) is 4.08. The minimum Gasteiger partial charge on any atom is -0.309 e. The fourth-order valence-corrected chi connectivity index (χ4v) is 2.23. The first-order valence-corrected chi connectivity index (χ1v) is 6.56. The molecule has 0 aliphatic carbocycles. The van der Waals surface area contributed by atoms with Gasteiger partial charge in [0.15, 0.2) is 0 Å². The summed E-state index contributed by atoms with van der Waals surface area (Å²) in [6, 6.07) is 16.4. The second-order valence-electron chi connectivity index (χ2n) is 3.82. The summed E-state index contributed by atoms with van der Waals surface area (Å²) >= 11 is 9.34. The minimum absolute atomic E-state index is 0.195. The third-order valence-corrected chi connectivity index (χ3v) is 3.48. The molecule has 2 aromatic rings. The molecular formula is C14H13BrClN. The Morgan fingerprint density at radius 1 is 0.941 bits per heavy atom. The Hall–Kier alpha value is -0.830. The molecule has 0 saturated carbocycles. The van der Waals surface area contributed by atoms with Crippen molar-refractivity contribution in [2.24, 2.45) is 0 Å². The van der Waals surface area contributed by atoms with Crippen molar-refractivity contribution in [3.8, 4) is 0 Å². The van der Waals surface area contributed by atoms with Gasteiger partial charge in [-0.3, -0.25) is 0 Å². The zero-order chi connectivity index (χ0) is 12.3. The average Bonchev–Trinajstić information content (AvgIpc) is 2.35. The van der Waals surface area contributed by atoms with E-state index in [-0.39, 0.29) is 6.04 Å². The molecule has 0 aliphatic rings. The van der Waals surface area contributed by atoms with Crippen LogP contribution in [0.2, 0.25) is 5.02 Å². The molecule has 0 saturated heterocycles. The maximum absolute atomic E-state index is 5.90. The van der Waals surface area contributed by atoms with Gasteiger partial charge in [-0.2, -0.15) is 0 Å². The standard InChI is InChI=1S/C14H13BrClN/c1-17-14(10-2-6-12(15)7-3-10)11-4-8-13(16)9-5-11/h2-9,14,17H,1H3/t14-/m1/s1. The molecule has 0 aliphatic heterocycles. The summed E-state index contributed by atoms with van der Waals surface area (Å²) < 4.78 is 1.09. The van der Waals surface area contributed by atoms with E-state index in [1.54, 1.807) is 0 Å². The molecule has 0 radical (unpaired) electrons. The molecule has 88 valence electrons. The lowest BCUT2D eigenvalue weighted by atomic mass is 9.99. The van der Waals surface area contributed by atoms with Crippen molar-refractivity contribution in [3.63, 3.8) is 0 Å². The SMILES string of the molecule is CN[C@@H](c1ccc(Cl)cc1)c1ccc(Br)cc1. The van der Waals surface area contributed by atoms with Crippen LogP contribution in [0.25, 0.3) is 0 Å². The van der Waals surface area contributed by atoms with E-state index in [9.17, 15) is 0 Å². The zero-order valence-corrected chi connectivity index (χ0v) is 11.8. The quantitative estimate of drug-likeness (QED) is 0.885. The molecule has 0 aromatic heterocycles. The van der Waals surface area contributed by atoms with E-state index >= 15 is 0 Å². The van der Waals surface area contributed by atoms with Crippen LogP contribution in [0.4, 0.5) is 0 Å². The van der Waals surface area contributed by atoms with Crippen LogP contribution in [0.15, 0.2) is 53.0 Å². The normalized spacial score (nSPS) is 12.4. The summed E-state index contributed by atoms with van der Waals surface area (Å²) in [5.74, 6) is 0. The van der Waals surface area contributed by atoms with Gasteiger partial charge in [-0.25, -0.2) is 0 Å². The van der Waals surface area contributed by atoms with Gasteiger partial charge in [0.25, 0.3) is 0 Å². The predicted molar refractivity (Wildman–Crippen MR) is 76.5 cm³/mol.